The first-order valence-electron chi connectivity index (χ1n) is 11.0. The number of carbonyl (C=O) groups excluding carboxylic acids is 2. The molecule has 3 rings (SSSR count). The van der Waals surface area contributed by atoms with Crippen molar-refractivity contribution in [1.82, 2.24) is 9.80 Å². The third kappa shape index (κ3) is 4.88. The zero-order chi connectivity index (χ0) is 23.4. The van der Waals surface area contributed by atoms with Gasteiger partial charge >= 0.3 is 0 Å². The van der Waals surface area contributed by atoms with E-state index in [0.717, 1.165) is 24.3 Å². The minimum Gasteiger partial charge on any atom is -0.507 e. The number of hydrogen-bond donors (Lipinski definition) is 1. The summed E-state index contributed by atoms with van der Waals surface area (Å²) in [7, 11) is 3.91. The highest BCUT2D eigenvalue weighted by atomic mass is 16.5. The molecule has 1 amide bonds. The maximum atomic E-state index is 13.0. The van der Waals surface area contributed by atoms with Gasteiger partial charge in [0.25, 0.3) is 11.7 Å². The molecule has 1 fully saturated rings. The lowest BCUT2D eigenvalue weighted by Crippen LogP contribution is -2.32. The first kappa shape index (κ1) is 23.6. The summed E-state index contributed by atoms with van der Waals surface area (Å²) in [6.07, 6.45) is 1.58. The number of aliphatic hydroxyl groups is 1. The molecule has 1 aromatic carbocycles. The Morgan fingerprint density at radius 3 is 2.53 bits per heavy atom. The van der Waals surface area contributed by atoms with Crippen molar-refractivity contribution in [1.29, 1.82) is 0 Å². The minimum atomic E-state index is -0.762. The van der Waals surface area contributed by atoms with Crippen LogP contribution < -0.4 is 4.74 Å². The summed E-state index contributed by atoms with van der Waals surface area (Å²) in [5.41, 5.74) is 1.36. The van der Waals surface area contributed by atoms with E-state index in [4.69, 9.17) is 9.15 Å². The van der Waals surface area contributed by atoms with Gasteiger partial charge in [0, 0.05) is 12.1 Å². The van der Waals surface area contributed by atoms with Crippen LogP contribution in [0.15, 0.2) is 40.3 Å². The highest BCUT2D eigenvalue weighted by molar-refractivity contribution is 6.46. The van der Waals surface area contributed by atoms with Gasteiger partial charge in [0.2, 0.25) is 0 Å². The zero-order valence-electron chi connectivity index (χ0n) is 19.5. The van der Waals surface area contributed by atoms with Crippen LogP contribution in [0.4, 0.5) is 0 Å². The van der Waals surface area contributed by atoms with Gasteiger partial charge in [0.1, 0.15) is 29.1 Å². The highest BCUT2D eigenvalue weighted by Crippen LogP contribution is 2.40. The average molecular weight is 441 g/mol. The van der Waals surface area contributed by atoms with E-state index in [-0.39, 0.29) is 11.3 Å². The van der Waals surface area contributed by atoms with Crippen LogP contribution in [-0.4, -0.2) is 60.4 Å². The smallest absolute Gasteiger partial charge is 0.295 e. The molecule has 1 atom stereocenters. The van der Waals surface area contributed by atoms with Gasteiger partial charge in [-0.15, -0.1) is 0 Å². The van der Waals surface area contributed by atoms with E-state index in [9.17, 15) is 14.7 Å². The molecule has 1 unspecified atom stereocenters. The van der Waals surface area contributed by atoms with E-state index in [2.05, 4.69) is 0 Å². The van der Waals surface area contributed by atoms with Gasteiger partial charge in [-0.05, 0) is 83.2 Å². The molecular formula is C25H32N2O5. The summed E-state index contributed by atoms with van der Waals surface area (Å²) in [5, 5.41) is 11.2. The summed E-state index contributed by atoms with van der Waals surface area (Å²) in [6.45, 7) is 7.47. The van der Waals surface area contributed by atoms with Crippen LogP contribution in [0, 0.1) is 13.8 Å². The first-order chi connectivity index (χ1) is 15.2. The number of ketones is 1. The lowest BCUT2D eigenvalue weighted by atomic mass is 9.98. The predicted molar refractivity (Wildman–Crippen MR) is 123 cm³/mol. The second-order valence-corrected chi connectivity index (χ2v) is 8.43. The predicted octanol–water partition coefficient (Wildman–Crippen LogP) is 4.06. The molecule has 2 heterocycles. The average Bonchev–Trinajstić information content (AvgIpc) is 3.28. The normalized spacial score (nSPS) is 18.1. The largest absolute Gasteiger partial charge is 0.507 e. The van der Waals surface area contributed by atoms with Crippen LogP contribution in [-0.2, 0) is 9.59 Å². The molecule has 1 saturated heterocycles. The number of aryl methyl sites for hydroxylation is 2. The van der Waals surface area contributed by atoms with Crippen LogP contribution in [0.1, 0.15) is 48.5 Å². The summed E-state index contributed by atoms with van der Waals surface area (Å²) >= 11 is 0. The molecule has 7 nitrogen and oxygen atoms in total. The number of benzene rings is 1. The third-order valence-corrected chi connectivity index (χ3v) is 5.49. The van der Waals surface area contributed by atoms with Crippen molar-refractivity contribution in [2.24, 2.45) is 0 Å². The number of nitrogens with zero attached hydrogens (tertiary/aromatic N) is 2. The quantitative estimate of drug-likeness (QED) is 0.360. The number of hydrogen-bond acceptors (Lipinski definition) is 6. The van der Waals surface area contributed by atoms with E-state index in [0.29, 0.717) is 36.7 Å². The molecule has 0 spiro atoms. The molecule has 32 heavy (non-hydrogen) atoms. The van der Waals surface area contributed by atoms with Gasteiger partial charge in [-0.3, -0.25) is 9.59 Å². The number of amides is 1. The Hall–Kier alpha value is -3.06. The van der Waals surface area contributed by atoms with Crippen molar-refractivity contribution < 1.29 is 23.8 Å². The molecule has 1 aliphatic rings. The molecule has 1 aliphatic heterocycles. The Labute approximate surface area is 189 Å². The Kier molecular flexibility index (Phi) is 7.40. The van der Waals surface area contributed by atoms with Gasteiger partial charge in [0.05, 0.1) is 12.2 Å². The first-order valence-corrected chi connectivity index (χ1v) is 11.0. The number of Topliss-reactive ketones (excluding diaryl/α,β-unsaturated/α-hetero) is 1. The van der Waals surface area contributed by atoms with Crippen LogP contribution in [0.25, 0.3) is 5.76 Å². The number of ether oxygens (including phenoxy) is 1. The Bertz CT molecular complexity index is 1020. The van der Waals surface area contributed by atoms with E-state index in [1.54, 1.807) is 37.3 Å². The minimum absolute atomic E-state index is 0.0517. The van der Waals surface area contributed by atoms with E-state index >= 15 is 0 Å². The highest BCUT2D eigenvalue weighted by Gasteiger charge is 2.47. The lowest BCUT2D eigenvalue weighted by molar-refractivity contribution is -0.140. The maximum Gasteiger partial charge on any atom is 0.295 e. The number of furan rings is 1. The van der Waals surface area contributed by atoms with Gasteiger partial charge in [-0.2, -0.15) is 0 Å². The lowest BCUT2D eigenvalue weighted by Gasteiger charge is -2.24. The second kappa shape index (κ2) is 10.0. The number of aliphatic hydroxyl groups excluding tert-OH is 1. The van der Waals surface area contributed by atoms with Gasteiger partial charge < -0.3 is 24.1 Å². The van der Waals surface area contributed by atoms with E-state index < -0.39 is 17.7 Å². The standard InChI is InChI=1S/C25H32N2O5/c1-6-14-31-19-11-9-18(15-16(19)2)23(28)21-22(20-10-8-17(3)32-20)27(25(30)24(21)29)13-7-12-26(4)5/h8-11,15,22,28H,6-7,12-14H2,1-5H3/b23-21-. The topological polar surface area (TPSA) is 83.2 Å². The van der Waals surface area contributed by atoms with Gasteiger partial charge in [-0.1, -0.05) is 6.92 Å². The molecule has 0 saturated carbocycles. The van der Waals surface area contributed by atoms with Crippen molar-refractivity contribution in [2.75, 3.05) is 33.8 Å². The molecule has 0 radical (unpaired) electrons. The summed E-state index contributed by atoms with van der Waals surface area (Å²) in [6, 6.07) is 8.03. The van der Waals surface area contributed by atoms with Crippen LogP contribution >= 0.6 is 0 Å². The molecule has 1 N–H and O–H groups in total. The Morgan fingerprint density at radius 2 is 1.94 bits per heavy atom. The molecule has 1 aromatic heterocycles. The second-order valence-electron chi connectivity index (χ2n) is 8.43. The summed E-state index contributed by atoms with van der Waals surface area (Å²) in [4.78, 5) is 29.5. The van der Waals surface area contributed by atoms with Crippen molar-refractivity contribution in [3.63, 3.8) is 0 Å². The van der Waals surface area contributed by atoms with Gasteiger partial charge in [-0.25, -0.2) is 0 Å². The monoisotopic (exact) mass is 440 g/mol. The van der Waals surface area contributed by atoms with Gasteiger partial charge in [0.15, 0.2) is 0 Å². The van der Waals surface area contributed by atoms with E-state index in [1.165, 1.54) is 4.90 Å². The molecule has 7 heteroatoms. The SMILES string of the molecule is CCCOc1ccc(/C(O)=C2/C(=O)C(=O)N(CCCN(C)C)C2c2ccc(C)o2)cc1C. The summed E-state index contributed by atoms with van der Waals surface area (Å²) in [5.74, 6) is 0.340. The van der Waals surface area contributed by atoms with Crippen LogP contribution in [0.5, 0.6) is 5.75 Å². The number of rotatable bonds is 9. The molecule has 172 valence electrons. The van der Waals surface area contributed by atoms with Crippen molar-refractivity contribution >= 4 is 17.4 Å². The zero-order valence-corrected chi connectivity index (χ0v) is 19.5. The van der Waals surface area contributed by atoms with Crippen molar-refractivity contribution in [3.8, 4) is 5.75 Å². The summed E-state index contributed by atoms with van der Waals surface area (Å²) < 4.78 is 11.5. The molecule has 0 bridgehead atoms. The fourth-order valence-electron chi connectivity index (χ4n) is 3.89. The number of likely N-dealkylation sites (tertiary alicyclic amines) is 1. The third-order valence-electron chi connectivity index (χ3n) is 5.49. The number of carbonyl (C=O) groups is 2. The van der Waals surface area contributed by atoms with E-state index in [1.807, 2.05) is 32.8 Å². The fourth-order valence-corrected chi connectivity index (χ4v) is 3.89. The molecular weight excluding hydrogens is 408 g/mol. The van der Waals surface area contributed by atoms with Crippen LogP contribution in [0.2, 0.25) is 0 Å². The van der Waals surface area contributed by atoms with Crippen molar-refractivity contribution in [2.45, 2.75) is 39.7 Å². The maximum absolute atomic E-state index is 13.0. The molecule has 0 aliphatic carbocycles. The fraction of sp³-hybridized carbons (Fsp3) is 0.440. The van der Waals surface area contributed by atoms with Crippen LogP contribution in [0.3, 0.4) is 0 Å². The molecule has 2 aromatic rings. The Morgan fingerprint density at radius 1 is 1.19 bits per heavy atom. The van der Waals surface area contributed by atoms with Crippen molar-refractivity contribution in [3.05, 3.63) is 58.6 Å². The Balaban J connectivity index is 2.03.